The van der Waals surface area contributed by atoms with E-state index in [4.69, 9.17) is 18.9 Å². The highest BCUT2D eigenvalue weighted by Crippen LogP contribution is 2.37. The molecule has 0 fully saturated rings. The minimum absolute atomic E-state index is 0.146. The summed E-state index contributed by atoms with van der Waals surface area (Å²) < 4.78 is 21.7. The first kappa shape index (κ1) is 20.9. The number of methoxy groups -OCH3 is 4. The van der Waals surface area contributed by atoms with E-state index in [-0.39, 0.29) is 6.04 Å². The van der Waals surface area contributed by atoms with Crippen molar-refractivity contribution in [2.45, 2.75) is 19.4 Å². The molecule has 1 aliphatic rings. The van der Waals surface area contributed by atoms with E-state index in [1.807, 2.05) is 24.3 Å². The van der Waals surface area contributed by atoms with Crippen LogP contribution in [0.1, 0.15) is 24.1 Å². The van der Waals surface area contributed by atoms with Crippen molar-refractivity contribution in [3.63, 3.8) is 0 Å². The van der Waals surface area contributed by atoms with E-state index in [1.165, 1.54) is 5.70 Å². The Balaban J connectivity index is 1.74. The van der Waals surface area contributed by atoms with Crippen LogP contribution in [0.15, 0.2) is 48.2 Å². The number of hydrazine groups is 1. The molecule has 2 aromatic carbocycles. The van der Waals surface area contributed by atoms with Gasteiger partial charge in [0.05, 0.1) is 34.5 Å². The number of hydrogen-bond donors (Lipinski definition) is 0. The van der Waals surface area contributed by atoms with Crippen molar-refractivity contribution in [3.8, 4) is 23.0 Å². The molecule has 156 valence electrons. The SMILES string of the molecule is COc1ccc(CCN2C(C)=CC(c3ccc(OC)c(OC)c3)N2C)c(OC)c1. The van der Waals surface area contributed by atoms with Crippen LogP contribution in [-0.4, -0.2) is 52.0 Å². The highest BCUT2D eigenvalue weighted by Gasteiger charge is 2.28. The van der Waals surface area contributed by atoms with Gasteiger partial charge in [0.25, 0.3) is 0 Å². The lowest BCUT2D eigenvalue weighted by atomic mass is 10.1. The van der Waals surface area contributed by atoms with Gasteiger partial charge in [0.2, 0.25) is 0 Å². The Bertz CT molecular complexity index is 881. The summed E-state index contributed by atoms with van der Waals surface area (Å²) in [7, 11) is 8.78. The molecule has 0 saturated heterocycles. The number of hydrogen-bond acceptors (Lipinski definition) is 6. The molecule has 1 aliphatic heterocycles. The maximum Gasteiger partial charge on any atom is 0.161 e. The maximum atomic E-state index is 5.54. The monoisotopic (exact) mass is 398 g/mol. The lowest BCUT2D eigenvalue weighted by Crippen LogP contribution is -2.36. The number of nitrogens with zero attached hydrogens (tertiary/aromatic N) is 2. The smallest absolute Gasteiger partial charge is 0.161 e. The molecule has 6 nitrogen and oxygen atoms in total. The molecular weight excluding hydrogens is 368 g/mol. The summed E-state index contributed by atoms with van der Waals surface area (Å²) in [5, 5.41) is 4.55. The van der Waals surface area contributed by atoms with Gasteiger partial charge in [-0.25, -0.2) is 5.01 Å². The Kier molecular flexibility index (Phi) is 6.54. The highest BCUT2D eigenvalue weighted by molar-refractivity contribution is 5.45. The normalized spacial score (nSPS) is 16.6. The summed E-state index contributed by atoms with van der Waals surface area (Å²) in [6, 6.07) is 12.2. The van der Waals surface area contributed by atoms with Gasteiger partial charge in [-0.3, -0.25) is 0 Å². The van der Waals surface area contributed by atoms with Crippen molar-refractivity contribution in [2.24, 2.45) is 0 Å². The molecule has 1 unspecified atom stereocenters. The summed E-state index contributed by atoms with van der Waals surface area (Å²) in [6.07, 6.45) is 3.13. The predicted molar refractivity (Wildman–Crippen MR) is 114 cm³/mol. The molecule has 0 radical (unpaired) electrons. The molecule has 0 saturated carbocycles. The van der Waals surface area contributed by atoms with Gasteiger partial charge in [-0.1, -0.05) is 12.1 Å². The lowest BCUT2D eigenvalue weighted by Gasteiger charge is -2.32. The van der Waals surface area contributed by atoms with Gasteiger partial charge in [-0.2, -0.15) is 0 Å². The summed E-state index contributed by atoms with van der Waals surface area (Å²) in [6.45, 7) is 2.99. The highest BCUT2D eigenvalue weighted by atomic mass is 16.5. The molecule has 29 heavy (non-hydrogen) atoms. The second kappa shape index (κ2) is 9.09. The van der Waals surface area contributed by atoms with Crippen LogP contribution in [0.3, 0.4) is 0 Å². The van der Waals surface area contributed by atoms with Gasteiger partial charge in [0, 0.05) is 25.4 Å². The van der Waals surface area contributed by atoms with Crippen LogP contribution >= 0.6 is 0 Å². The molecule has 0 aromatic heterocycles. The number of benzene rings is 2. The van der Waals surface area contributed by atoms with E-state index < -0.39 is 0 Å². The quantitative estimate of drug-likeness (QED) is 0.668. The molecule has 6 heteroatoms. The summed E-state index contributed by atoms with van der Waals surface area (Å²) in [5.74, 6) is 3.13. The van der Waals surface area contributed by atoms with Crippen LogP contribution in [0.4, 0.5) is 0 Å². The average molecular weight is 399 g/mol. The molecule has 1 heterocycles. The van der Waals surface area contributed by atoms with Crippen LogP contribution in [0.25, 0.3) is 0 Å². The minimum atomic E-state index is 0.146. The van der Waals surface area contributed by atoms with Gasteiger partial charge in [-0.05, 0) is 48.7 Å². The van der Waals surface area contributed by atoms with E-state index in [1.54, 1.807) is 28.4 Å². The van der Waals surface area contributed by atoms with Crippen molar-refractivity contribution in [1.29, 1.82) is 0 Å². The third-order valence-corrected chi connectivity index (χ3v) is 5.43. The van der Waals surface area contributed by atoms with Gasteiger partial charge >= 0.3 is 0 Å². The topological polar surface area (TPSA) is 43.4 Å². The fourth-order valence-electron chi connectivity index (χ4n) is 3.79. The van der Waals surface area contributed by atoms with Crippen LogP contribution in [0.5, 0.6) is 23.0 Å². The van der Waals surface area contributed by atoms with E-state index in [0.29, 0.717) is 0 Å². The van der Waals surface area contributed by atoms with Gasteiger partial charge in [-0.15, -0.1) is 0 Å². The fraction of sp³-hybridized carbons (Fsp3) is 0.391. The first-order valence-corrected chi connectivity index (χ1v) is 9.64. The Morgan fingerprint density at radius 2 is 1.55 bits per heavy atom. The zero-order valence-electron chi connectivity index (χ0n) is 18.1. The van der Waals surface area contributed by atoms with Crippen molar-refractivity contribution in [3.05, 3.63) is 59.3 Å². The Hall–Kier alpha value is -2.86. The maximum absolute atomic E-state index is 5.54. The Morgan fingerprint density at radius 1 is 0.828 bits per heavy atom. The van der Waals surface area contributed by atoms with Crippen LogP contribution in [0.2, 0.25) is 0 Å². The molecule has 1 atom stereocenters. The molecule has 0 bridgehead atoms. The molecule has 0 aliphatic carbocycles. The van der Waals surface area contributed by atoms with E-state index in [9.17, 15) is 0 Å². The summed E-state index contributed by atoms with van der Waals surface area (Å²) >= 11 is 0. The van der Waals surface area contributed by atoms with E-state index in [0.717, 1.165) is 47.1 Å². The van der Waals surface area contributed by atoms with Crippen molar-refractivity contribution in [1.82, 2.24) is 10.0 Å². The third kappa shape index (κ3) is 4.27. The Morgan fingerprint density at radius 3 is 2.21 bits per heavy atom. The lowest BCUT2D eigenvalue weighted by molar-refractivity contribution is 0.0356. The Labute approximate surface area is 173 Å². The number of allylic oxidation sites excluding steroid dienone is 1. The summed E-state index contributed by atoms with van der Waals surface area (Å²) in [5.41, 5.74) is 3.54. The zero-order chi connectivity index (χ0) is 21.0. The predicted octanol–water partition coefficient (Wildman–Crippen LogP) is 4.07. The second-order valence-corrected chi connectivity index (χ2v) is 6.99. The van der Waals surface area contributed by atoms with E-state index in [2.05, 4.69) is 42.2 Å². The van der Waals surface area contributed by atoms with Crippen molar-refractivity contribution >= 4 is 0 Å². The largest absolute Gasteiger partial charge is 0.497 e. The van der Waals surface area contributed by atoms with Gasteiger partial charge in [0.1, 0.15) is 11.5 Å². The van der Waals surface area contributed by atoms with Crippen LogP contribution in [-0.2, 0) is 6.42 Å². The molecule has 0 N–H and O–H groups in total. The summed E-state index contributed by atoms with van der Waals surface area (Å²) in [4.78, 5) is 0. The van der Waals surface area contributed by atoms with Gasteiger partial charge < -0.3 is 24.0 Å². The standard InChI is InChI=1S/C23H30N2O4/c1-16-13-20(18-8-10-21(27-4)23(14-18)29-6)24(2)25(16)12-11-17-7-9-19(26-3)15-22(17)28-5/h7-10,13-15,20H,11-12H2,1-6H3. The van der Waals surface area contributed by atoms with Crippen molar-refractivity contribution in [2.75, 3.05) is 42.0 Å². The van der Waals surface area contributed by atoms with Crippen LogP contribution < -0.4 is 18.9 Å². The molecular formula is C23H30N2O4. The average Bonchev–Trinajstić information content (AvgIpc) is 3.04. The first-order chi connectivity index (χ1) is 14.0. The molecule has 0 spiro atoms. The molecule has 2 aromatic rings. The third-order valence-electron chi connectivity index (χ3n) is 5.43. The van der Waals surface area contributed by atoms with Gasteiger partial charge in [0.15, 0.2) is 11.5 Å². The van der Waals surface area contributed by atoms with E-state index >= 15 is 0 Å². The first-order valence-electron chi connectivity index (χ1n) is 9.64. The minimum Gasteiger partial charge on any atom is -0.497 e. The van der Waals surface area contributed by atoms with Crippen molar-refractivity contribution < 1.29 is 18.9 Å². The number of likely N-dealkylation sites (N-methyl/N-ethyl adjacent to an activating group) is 1. The second-order valence-electron chi connectivity index (χ2n) is 6.99. The fourth-order valence-corrected chi connectivity index (χ4v) is 3.79. The molecule has 0 amide bonds. The van der Waals surface area contributed by atoms with Crippen LogP contribution in [0, 0.1) is 0 Å². The number of rotatable bonds is 8. The number of ether oxygens (including phenoxy) is 4. The molecule has 3 rings (SSSR count). The zero-order valence-corrected chi connectivity index (χ0v) is 18.1.